The highest BCUT2D eigenvalue weighted by Crippen LogP contribution is 2.22. The van der Waals surface area contributed by atoms with Crippen LogP contribution < -0.4 is 10.6 Å². The van der Waals surface area contributed by atoms with Crippen molar-refractivity contribution in [3.63, 3.8) is 0 Å². The van der Waals surface area contributed by atoms with Crippen molar-refractivity contribution in [2.75, 3.05) is 13.1 Å². The second kappa shape index (κ2) is 9.02. The third kappa shape index (κ3) is 4.49. The lowest BCUT2D eigenvalue weighted by molar-refractivity contribution is -0.121. The molecule has 1 aliphatic heterocycles. The summed E-state index contributed by atoms with van der Waals surface area (Å²) in [5, 5.41) is 6.45. The van der Waals surface area contributed by atoms with E-state index in [4.69, 9.17) is 4.98 Å². The van der Waals surface area contributed by atoms with Crippen molar-refractivity contribution in [3.05, 3.63) is 60.4 Å². The largest absolute Gasteiger partial charge is 0.355 e. The molecule has 6 heteroatoms. The summed E-state index contributed by atoms with van der Waals surface area (Å²) in [7, 11) is 0. The fourth-order valence-electron chi connectivity index (χ4n) is 3.59. The van der Waals surface area contributed by atoms with Crippen LogP contribution in [-0.4, -0.2) is 34.6 Å². The van der Waals surface area contributed by atoms with E-state index in [9.17, 15) is 4.79 Å². The van der Waals surface area contributed by atoms with Crippen LogP contribution in [0.3, 0.4) is 0 Å². The maximum atomic E-state index is 12.3. The number of halogens is 1. The molecule has 1 saturated heterocycles. The third-order valence-electron chi connectivity index (χ3n) is 4.93. The highest BCUT2D eigenvalue weighted by Gasteiger charge is 2.16. The van der Waals surface area contributed by atoms with E-state index in [0.717, 1.165) is 35.5 Å². The van der Waals surface area contributed by atoms with Gasteiger partial charge in [0.05, 0.1) is 11.0 Å². The molecule has 3 aromatic rings. The lowest BCUT2D eigenvalue weighted by Gasteiger charge is -2.12. The number of nitrogens with zero attached hydrogens (tertiary/aromatic N) is 2. The average Bonchev–Trinajstić information content (AvgIpc) is 3.32. The quantitative estimate of drug-likeness (QED) is 0.685. The molecule has 1 fully saturated rings. The second-order valence-corrected chi connectivity index (χ2v) is 6.79. The summed E-state index contributed by atoms with van der Waals surface area (Å²) in [4.78, 5) is 17.0. The Bertz CT molecular complexity index is 888. The van der Waals surface area contributed by atoms with Crippen LogP contribution in [0.1, 0.15) is 25.1 Å². The van der Waals surface area contributed by atoms with Crippen LogP contribution in [0.25, 0.3) is 16.7 Å². The molecular formula is C21H25ClN4O. The van der Waals surface area contributed by atoms with Gasteiger partial charge in [-0.1, -0.05) is 30.3 Å². The van der Waals surface area contributed by atoms with Crippen LogP contribution in [0.2, 0.25) is 0 Å². The van der Waals surface area contributed by atoms with Gasteiger partial charge in [0, 0.05) is 31.1 Å². The van der Waals surface area contributed by atoms with Crippen molar-refractivity contribution in [2.24, 2.45) is 0 Å². The predicted octanol–water partition coefficient (Wildman–Crippen LogP) is 3.25. The lowest BCUT2D eigenvalue weighted by Crippen LogP contribution is -2.37. The SMILES string of the molecule is Cl.O=C(CCc1nc2ccccc2n1-c1ccccc1)NCC1CCCN1. The van der Waals surface area contributed by atoms with Gasteiger partial charge in [-0.05, 0) is 43.7 Å². The monoisotopic (exact) mass is 384 g/mol. The van der Waals surface area contributed by atoms with Gasteiger partial charge >= 0.3 is 0 Å². The molecule has 142 valence electrons. The minimum Gasteiger partial charge on any atom is -0.355 e. The first-order valence-corrected chi connectivity index (χ1v) is 9.33. The van der Waals surface area contributed by atoms with Crippen molar-refractivity contribution >= 4 is 29.3 Å². The van der Waals surface area contributed by atoms with Gasteiger partial charge in [-0.3, -0.25) is 9.36 Å². The van der Waals surface area contributed by atoms with Crippen molar-refractivity contribution < 1.29 is 4.79 Å². The Morgan fingerprint density at radius 3 is 2.70 bits per heavy atom. The van der Waals surface area contributed by atoms with Crippen molar-refractivity contribution in [3.8, 4) is 5.69 Å². The molecule has 1 aliphatic rings. The molecule has 0 radical (unpaired) electrons. The second-order valence-electron chi connectivity index (χ2n) is 6.79. The highest BCUT2D eigenvalue weighted by atomic mass is 35.5. The average molecular weight is 385 g/mol. The Balaban J connectivity index is 0.00000210. The number of nitrogens with one attached hydrogen (secondary N) is 2. The predicted molar refractivity (Wildman–Crippen MR) is 111 cm³/mol. The molecule has 0 spiro atoms. The molecule has 1 aromatic heterocycles. The Kier molecular flexibility index (Phi) is 6.48. The van der Waals surface area contributed by atoms with E-state index in [2.05, 4.69) is 33.4 Å². The maximum absolute atomic E-state index is 12.3. The summed E-state index contributed by atoms with van der Waals surface area (Å²) >= 11 is 0. The highest BCUT2D eigenvalue weighted by molar-refractivity contribution is 5.85. The topological polar surface area (TPSA) is 59.0 Å². The molecule has 0 bridgehead atoms. The number of imidazole rings is 1. The van der Waals surface area contributed by atoms with E-state index in [1.54, 1.807) is 0 Å². The molecule has 1 atom stereocenters. The zero-order valence-corrected chi connectivity index (χ0v) is 16.0. The van der Waals surface area contributed by atoms with E-state index in [1.807, 2.05) is 36.4 Å². The molecule has 1 amide bonds. The van der Waals surface area contributed by atoms with Crippen LogP contribution in [-0.2, 0) is 11.2 Å². The van der Waals surface area contributed by atoms with Gasteiger partial charge in [0.2, 0.25) is 5.91 Å². The Morgan fingerprint density at radius 1 is 1.15 bits per heavy atom. The van der Waals surface area contributed by atoms with Gasteiger partial charge in [-0.25, -0.2) is 4.98 Å². The summed E-state index contributed by atoms with van der Waals surface area (Å²) in [5.41, 5.74) is 3.11. The van der Waals surface area contributed by atoms with Gasteiger partial charge < -0.3 is 10.6 Å². The number of amides is 1. The van der Waals surface area contributed by atoms with Gasteiger partial charge in [0.25, 0.3) is 0 Å². The summed E-state index contributed by atoms with van der Waals surface area (Å²) in [6.45, 7) is 1.77. The third-order valence-corrected chi connectivity index (χ3v) is 4.93. The Morgan fingerprint density at radius 2 is 1.93 bits per heavy atom. The normalized spacial score (nSPS) is 16.2. The maximum Gasteiger partial charge on any atom is 0.220 e. The van der Waals surface area contributed by atoms with Gasteiger partial charge in [0.15, 0.2) is 0 Å². The van der Waals surface area contributed by atoms with Crippen LogP contribution in [0.4, 0.5) is 0 Å². The van der Waals surface area contributed by atoms with Crippen LogP contribution in [0, 0.1) is 0 Å². The first-order valence-electron chi connectivity index (χ1n) is 9.33. The van der Waals surface area contributed by atoms with Crippen LogP contribution in [0.15, 0.2) is 54.6 Å². The first kappa shape index (κ1) is 19.4. The summed E-state index contributed by atoms with van der Waals surface area (Å²) in [6.07, 6.45) is 3.40. The molecule has 0 saturated carbocycles. The van der Waals surface area contributed by atoms with E-state index in [0.29, 0.717) is 25.4 Å². The van der Waals surface area contributed by atoms with Crippen LogP contribution >= 0.6 is 12.4 Å². The molecular weight excluding hydrogens is 360 g/mol. The minimum absolute atomic E-state index is 0. The van der Waals surface area contributed by atoms with Crippen molar-refractivity contribution in [1.82, 2.24) is 20.2 Å². The number of aromatic nitrogens is 2. The minimum atomic E-state index is 0. The molecule has 5 nitrogen and oxygen atoms in total. The fraction of sp³-hybridized carbons (Fsp3) is 0.333. The van der Waals surface area contributed by atoms with Crippen LogP contribution in [0.5, 0.6) is 0 Å². The number of carbonyl (C=O) groups is 1. The number of rotatable bonds is 6. The Labute approximate surface area is 165 Å². The number of aryl methyl sites for hydroxylation is 1. The van der Waals surface area contributed by atoms with Crippen molar-refractivity contribution in [2.45, 2.75) is 31.7 Å². The van der Waals surface area contributed by atoms with E-state index < -0.39 is 0 Å². The first-order chi connectivity index (χ1) is 12.8. The number of fused-ring (bicyclic) bond motifs is 1. The molecule has 27 heavy (non-hydrogen) atoms. The van der Waals surface area contributed by atoms with Gasteiger partial charge in [-0.15, -0.1) is 12.4 Å². The zero-order chi connectivity index (χ0) is 17.8. The molecule has 2 heterocycles. The summed E-state index contributed by atoms with van der Waals surface area (Å²) < 4.78 is 2.15. The van der Waals surface area contributed by atoms with Gasteiger partial charge in [0.1, 0.15) is 5.82 Å². The number of para-hydroxylation sites is 3. The number of carbonyl (C=O) groups excluding carboxylic acids is 1. The van der Waals surface area contributed by atoms with E-state index in [1.165, 1.54) is 6.42 Å². The molecule has 4 rings (SSSR count). The Hall–Kier alpha value is -2.37. The molecule has 2 aromatic carbocycles. The number of benzene rings is 2. The lowest BCUT2D eigenvalue weighted by atomic mass is 10.2. The zero-order valence-electron chi connectivity index (χ0n) is 15.2. The standard InChI is InChI=1S/C21H24N4O.ClH/c26-21(23-15-16-7-6-14-22-16)13-12-20-24-18-10-4-5-11-19(18)25(20)17-8-2-1-3-9-17;/h1-5,8-11,16,22H,6-7,12-15H2,(H,23,26);1H. The van der Waals surface area contributed by atoms with E-state index in [-0.39, 0.29) is 18.3 Å². The molecule has 2 N–H and O–H groups in total. The summed E-state index contributed by atoms with van der Waals surface area (Å²) in [5.74, 6) is 1.01. The number of hydrogen-bond donors (Lipinski definition) is 2. The summed E-state index contributed by atoms with van der Waals surface area (Å²) in [6, 6.07) is 18.7. The van der Waals surface area contributed by atoms with E-state index >= 15 is 0 Å². The smallest absolute Gasteiger partial charge is 0.220 e. The molecule has 0 aliphatic carbocycles. The fourth-order valence-corrected chi connectivity index (χ4v) is 3.59. The number of hydrogen-bond acceptors (Lipinski definition) is 3. The molecule has 1 unspecified atom stereocenters. The van der Waals surface area contributed by atoms with Gasteiger partial charge in [-0.2, -0.15) is 0 Å². The van der Waals surface area contributed by atoms with Crippen molar-refractivity contribution in [1.29, 1.82) is 0 Å².